The monoisotopic (exact) mass is 271 g/mol. The molecular formula is C15H17N3O2. The SMILES string of the molecule is O=C(c1ccncc1)N1CCN(Cc2ccco2)CC1. The maximum Gasteiger partial charge on any atom is 0.254 e. The first-order valence-electron chi connectivity index (χ1n) is 6.77. The lowest BCUT2D eigenvalue weighted by Gasteiger charge is -2.34. The summed E-state index contributed by atoms with van der Waals surface area (Å²) in [7, 11) is 0. The number of pyridine rings is 1. The largest absolute Gasteiger partial charge is 0.468 e. The van der Waals surface area contributed by atoms with E-state index in [0.717, 1.165) is 38.5 Å². The summed E-state index contributed by atoms with van der Waals surface area (Å²) in [5, 5.41) is 0. The van der Waals surface area contributed by atoms with Crippen LogP contribution in [0.25, 0.3) is 0 Å². The van der Waals surface area contributed by atoms with Crippen molar-refractivity contribution >= 4 is 5.91 Å². The van der Waals surface area contributed by atoms with E-state index in [1.165, 1.54) is 0 Å². The average Bonchev–Trinajstić information content (AvgIpc) is 3.01. The highest BCUT2D eigenvalue weighted by atomic mass is 16.3. The van der Waals surface area contributed by atoms with Crippen molar-refractivity contribution in [3.63, 3.8) is 0 Å². The molecule has 0 aliphatic carbocycles. The Morgan fingerprint density at radius 3 is 2.55 bits per heavy atom. The molecule has 3 heterocycles. The van der Waals surface area contributed by atoms with Gasteiger partial charge in [-0.1, -0.05) is 0 Å². The van der Waals surface area contributed by atoms with Crippen LogP contribution < -0.4 is 0 Å². The molecule has 0 unspecified atom stereocenters. The Balaban J connectivity index is 1.55. The number of rotatable bonds is 3. The van der Waals surface area contributed by atoms with Crippen molar-refractivity contribution in [3.8, 4) is 0 Å². The van der Waals surface area contributed by atoms with Crippen molar-refractivity contribution in [1.29, 1.82) is 0 Å². The highest BCUT2D eigenvalue weighted by molar-refractivity contribution is 5.94. The first kappa shape index (κ1) is 12.9. The molecule has 2 aromatic heterocycles. The third-order valence-corrected chi connectivity index (χ3v) is 3.55. The third kappa shape index (κ3) is 2.88. The van der Waals surface area contributed by atoms with Crippen LogP contribution in [-0.4, -0.2) is 46.9 Å². The molecule has 0 bridgehead atoms. The highest BCUT2D eigenvalue weighted by Gasteiger charge is 2.22. The number of nitrogens with zero attached hydrogens (tertiary/aromatic N) is 3. The van der Waals surface area contributed by atoms with Crippen LogP contribution in [0.2, 0.25) is 0 Å². The van der Waals surface area contributed by atoms with E-state index < -0.39 is 0 Å². The second kappa shape index (κ2) is 5.88. The first-order chi connectivity index (χ1) is 9.83. The molecule has 104 valence electrons. The van der Waals surface area contributed by atoms with Crippen LogP contribution in [-0.2, 0) is 6.54 Å². The van der Waals surface area contributed by atoms with Crippen molar-refractivity contribution in [2.45, 2.75) is 6.54 Å². The molecule has 0 atom stereocenters. The number of hydrogen-bond donors (Lipinski definition) is 0. The Bertz CT molecular complexity index is 546. The molecule has 2 aromatic rings. The van der Waals surface area contributed by atoms with Gasteiger partial charge in [-0.2, -0.15) is 0 Å². The third-order valence-electron chi connectivity index (χ3n) is 3.55. The molecule has 0 N–H and O–H groups in total. The number of carbonyl (C=O) groups is 1. The summed E-state index contributed by atoms with van der Waals surface area (Å²) in [6.45, 7) is 4.06. The van der Waals surface area contributed by atoms with Gasteiger partial charge in [0, 0.05) is 44.1 Å². The van der Waals surface area contributed by atoms with Gasteiger partial charge < -0.3 is 9.32 Å². The summed E-state index contributed by atoms with van der Waals surface area (Å²) in [5.74, 6) is 1.06. The molecule has 0 saturated carbocycles. The van der Waals surface area contributed by atoms with E-state index in [1.807, 2.05) is 17.0 Å². The van der Waals surface area contributed by atoms with Crippen LogP contribution in [0.4, 0.5) is 0 Å². The van der Waals surface area contributed by atoms with Gasteiger partial charge in [-0.05, 0) is 24.3 Å². The molecule has 0 aromatic carbocycles. The summed E-state index contributed by atoms with van der Waals surface area (Å²) in [6, 6.07) is 7.40. The lowest BCUT2D eigenvalue weighted by molar-refractivity contribution is 0.0620. The van der Waals surface area contributed by atoms with Gasteiger partial charge in [-0.3, -0.25) is 14.7 Å². The Hall–Kier alpha value is -2.14. The molecule has 0 radical (unpaired) electrons. The number of carbonyl (C=O) groups excluding carboxylic acids is 1. The normalized spacial score (nSPS) is 16.3. The highest BCUT2D eigenvalue weighted by Crippen LogP contribution is 2.11. The van der Waals surface area contributed by atoms with E-state index in [2.05, 4.69) is 9.88 Å². The summed E-state index contributed by atoms with van der Waals surface area (Å²) in [4.78, 5) is 20.4. The van der Waals surface area contributed by atoms with Gasteiger partial charge in [-0.15, -0.1) is 0 Å². The van der Waals surface area contributed by atoms with Crippen LogP contribution in [0.3, 0.4) is 0 Å². The van der Waals surface area contributed by atoms with E-state index in [0.29, 0.717) is 5.56 Å². The fourth-order valence-electron chi connectivity index (χ4n) is 2.41. The molecule has 5 nitrogen and oxygen atoms in total. The molecular weight excluding hydrogens is 254 g/mol. The fourth-order valence-corrected chi connectivity index (χ4v) is 2.41. The predicted octanol–water partition coefficient (Wildman–Crippen LogP) is 1.63. The van der Waals surface area contributed by atoms with Crippen molar-refractivity contribution in [3.05, 3.63) is 54.2 Å². The average molecular weight is 271 g/mol. The van der Waals surface area contributed by atoms with Crippen LogP contribution >= 0.6 is 0 Å². The quantitative estimate of drug-likeness (QED) is 0.851. The smallest absolute Gasteiger partial charge is 0.254 e. The van der Waals surface area contributed by atoms with E-state index in [-0.39, 0.29) is 5.91 Å². The van der Waals surface area contributed by atoms with E-state index in [9.17, 15) is 4.79 Å². The number of amides is 1. The molecule has 3 rings (SSSR count). The zero-order valence-corrected chi connectivity index (χ0v) is 11.2. The Morgan fingerprint density at radius 1 is 1.15 bits per heavy atom. The zero-order chi connectivity index (χ0) is 13.8. The van der Waals surface area contributed by atoms with Crippen LogP contribution in [0.15, 0.2) is 47.3 Å². The topological polar surface area (TPSA) is 49.6 Å². The van der Waals surface area contributed by atoms with Gasteiger partial charge in [0.05, 0.1) is 12.8 Å². The maximum atomic E-state index is 12.3. The summed E-state index contributed by atoms with van der Waals surface area (Å²) >= 11 is 0. The number of furan rings is 1. The molecule has 1 aliphatic heterocycles. The minimum atomic E-state index is 0.0880. The summed E-state index contributed by atoms with van der Waals surface area (Å²) in [5.41, 5.74) is 0.708. The predicted molar refractivity (Wildman–Crippen MR) is 74.1 cm³/mol. The van der Waals surface area contributed by atoms with Gasteiger partial charge in [0.1, 0.15) is 5.76 Å². The molecule has 0 spiro atoms. The van der Waals surface area contributed by atoms with Crippen molar-refractivity contribution in [2.24, 2.45) is 0 Å². The van der Waals surface area contributed by atoms with Crippen molar-refractivity contribution in [2.75, 3.05) is 26.2 Å². The second-order valence-corrected chi connectivity index (χ2v) is 4.88. The fraction of sp³-hybridized carbons (Fsp3) is 0.333. The first-order valence-corrected chi connectivity index (χ1v) is 6.77. The molecule has 1 saturated heterocycles. The molecule has 1 amide bonds. The number of piperazine rings is 1. The van der Waals surface area contributed by atoms with Gasteiger partial charge in [-0.25, -0.2) is 0 Å². The maximum absolute atomic E-state index is 12.3. The standard InChI is InChI=1S/C15H17N3O2/c19-15(13-3-5-16-6-4-13)18-9-7-17(8-10-18)12-14-2-1-11-20-14/h1-6,11H,7-10,12H2. The van der Waals surface area contributed by atoms with Crippen LogP contribution in [0.5, 0.6) is 0 Å². The summed E-state index contributed by atoms with van der Waals surface area (Å²) < 4.78 is 5.35. The van der Waals surface area contributed by atoms with Crippen LogP contribution in [0, 0.1) is 0 Å². The lowest BCUT2D eigenvalue weighted by atomic mass is 10.2. The molecule has 20 heavy (non-hydrogen) atoms. The van der Waals surface area contributed by atoms with E-state index in [4.69, 9.17) is 4.42 Å². The van der Waals surface area contributed by atoms with Crippen molar-refractivity contribution < 1.29 is 9.21 Å². The van der Waals surface area contributed by atoms with Gasteiger partial charge >= 0.3 is 0 Å². The van der Waals surface area contributed by atoms with Gasteiger partial charge in [0.15, 0.2) is 0 Å². The number of hydrogen-bond acceptors (Lipinski definition) is 4. The Morgan fingerprint density at radius 2 is 1.90 bits per heavy atom. The lowest BCUT2D eigenvalue weighted by Crippen LogP contribution is -2.48. The minimum Gasteiger partial charge on any atom is -0.468 e. The Kier molecular flexibility index (Phi) is 3.78. The van der Waals surface area contributed by atoms with Crippen LogP contribution in [0.1, 0.15) is 16.1 Å². The molecule has 5 heteroatoms. The van der Waals surface area contributed by atoms with Gasteiger partial charge in [0.25, 0.3) is 5.91 Å². The molecule has 1 aliphatic rings. The zero-order valence-electron chi connectivity index (χ0n) is 11.2. The van der Waals surface area contributed by atoms with E-state index >= 15 is 0 Å². The number of aromatic nitrogens is 1. The van der Waals surface area contributed by atoms with E-state index in [1.54, 1.807) is 30.8 Å². The molecule has 1 fully saturated rings. The Labute approximate surface area is 117 Å². The van der Waals surface area contributed by atoms with Crippen molar-refractivity contribution in [1.82, 2.24) is 14.8 Å². The second-order valence-electron chi connectivity index (χ2n) is 4.88. The van der Waals surface area contributed by atoms with Gasteiger partial charge in [0.2, 0.25) is 0 Å². The minimum absolute atomic E-state index is 0.0880. The summed E-state index contributed by atoms with van der Waals surface area (Å²) in [6.07, 6.45) is 5.00.